The van der Waals surface area contributed by atoms with Crippen LogP contribution in [-0.4, -0.2) is 20.3 Å². The summed E-state index contributed by atoms with van der Waals surface area (Å²) in [5.41, 5.74) is 12.1. The van der Waals surface area contributed by atoms with Gasteiger partial charge in [-0.2, -0.15) is 0 Å². The van der Waals surface area contributed by atoms with E-state index in [1.807, 2.05) is 42.6 Å². The van der Waals surface area contributed by atoms with Crippen molar-refractivity contribution in [1.29, 1.82) is 0 Å². The lowest BCUT2D eigenvalue weighted by Gasteiger charge is -2.27. The number of halogens is 1. The van der Waals surface area contributed by atoms with Gasteiger partial charge in [0, 0.05) is 41.6 Å². The van der Waals surface area contributed by atoms with Gasteiger partial charge in [-0.05, 0) is 43.7 Å². The van der Waals surface area contributed by atoms with Crippen LogP contribution >= 0.6 is 11.6 Å². The topological polar surface area (TPSA) is 46.6 Å². The number of aromatic nitrogens is 2. The highest BCUT2D eigenvalue weighted by Gasteiger charge is 2.19. The first-order valence-corrected chi connectivity index (χ1v) is 10.2. The van der Waals surface area contributed by atoms with Crippen LogP contribution in [0, 0.1) is 0 Å². The number of hydrogen-bond acceptors (Lipinski definition) is 3. The predicted octanol–water partition coefficient (Wildman–Crippen LogP) is 5.65. The Morgan fingerprint density at radius 2 is 1.69 bits per heavy atom. The highest BCUT2D eigenvalue weighted by Crippen LogP contribution is 2.28. The third-order valence-electron chi connectivity index (χ3n) is 5.17. The zero-order chi connectivity index (χ0) is 20.4. The second-order valence-electron chi connectivity index (χ2n) is 7.59. The van der Waals surface area contributed by atoms with E-state index in [9.17, 15) is 0 Å². The third-order valence-corrected chi connectivity index (χ3v) is 5.42. The molecule has 29 heavy (non-hydrogen) atoms. The summed E-state index contributed by atoms with van der Waals surface area (Å²) in [6, 6.07) is 22.6. The minimum absolute atomic E-state index is 0.375. The van der Waals surface area contributed by atoms with E-state index in [0.717, 1.165) is 46.4 Å². The number of benzene rings is 2. The van der Waals surface area contributed by atoms with E-state index in [-0.39, 0.29) is 0 Å². The van der Waals surface area contributed by atoms with Gasteiger partial charge in [-0.1, -0.05) is 54.1 Å². The maximum absolute atomic E-state index is 6.10. The smallest absolute Gasteiger partial charge is 0.137 e. The molecule has 0 radical (unpaired) electrons. The molecule has 0 fully saturated rings. The van der Waals surface area contributed by atoms with E-state index in [2.05, 4.69) is 53.5 Å². The molecule has 4 rings (SSSR count). The van der Waals surface area contributed by atoms with Gasteiger partial charge in [0.1, 0.15) is 5.65 Å². The minimum Gasteiger partial charge on any atom is -0.398 e. The summed E-state index contributed by atoms with van der Waals surface area (Å²) in [4.78, 5) is 7.36. The molecular formula is C24H25ClN4. The molecular weight excluding hydrogens is 380 g/mol. The van der Waals surface area contributed by atoms with E-state index in [1.165, 1.54) is 5.56 Å². The van der Waals surface area contributed by atoms with Crippen LogP contribution in [0.4, 0.5) is 5.69 Å². The standard InChI is InChI=1S/C24H25ClN4/c1-17(2)28(14-18-6-4-3-5-7-18)16-22-24(19-8-10-20(25)11-9-19)27-23-13-12-21(26)15-29(22)23/h3-13,15,17H,14,16,26H2,1-2H3. The normalized spacial score (nSPS) is 11.6. The van der Waals surface area contributed by atoms with E-state index in [1.54, 1.807) is 0 Å². The summed E-state index contributed by atoms with van der Waals surface area (Å²) in [7, 11) is 0. The van der Waals surface area contributed by atoms with Crippen LogP contribution in [0.25, 0.3) is 16.9 Å². The van der Waals surface area contributed by atoms with Gasteiger partial charge in [0.15, 0.2) is 0 Å². The van der Waals surface area contributed by atoms with Crippen molar-refractivity contribution in [3.63, 3.8) is 0 Å². The van der Waals surface area contributed by atoms with E-state index in [0.29, 0.717) is 6.04 Å². The van der Waals surface area contributed by atoms with Gasteiger partial charge in [-0.3, -0.25) is 4.90 Å². The lowest BCUT2D eigenvalue weighted by atomic mass is 10.1. The van der Waals surface area contributed by atoms with E-state index in [4.69, 9.17) is 22.3 Å². The number of nitrogen functional groups attached to an aromatic ring is 1. The molecule has 4 nitrogen and oxygen atoms in total. The molecule has 2 aromatic heterocycles. The van der Waals surface area contributed by atoms with Crippen LogP contribution in [0.15, 0.2) is 72.9 Å². The molecule has 0 saturated carbocycles. The molecule has 0 unspecified atom stereocenters. The minimum atomic E-state index is 0.375. The molecule has 2 heterocycles. The Kier molecular flexibility index (Phi) is 5.56. The predicted molar refractivity (Wildman–Crippen MR) is 121 cm³/mol. The molecule has 0 amide bonds. The van der Waals surface area contributed by atoms with Crippen molar-refractivity contribution >= 4 is 22.9 Å². The lowest BCUT2D eigenvalue weighted by Crippen LogP contribution is -2.30. The SMILES string of the molecule is CC(C)N(Cc1ccccc1)Cc1c(-c2ccc(Cl)cc2)nc2ccc(N)cn12. The summed E-state index contributed by atoms with van der Waals surface area (Å²) in [5, 5.41) is 0.719. The number of fused-ring (bicyclic) bond motifs is 1. The molecule has 2 aromatic carbocycles. The van der Waals surface area contributed by atoms with Gasteiger partial charge in [-0.25, -0.2) is 4.98 Å². The average molecular weight is 405 g/mol. The van der Waals surface area contributed by atoms with E-state index >= 15 is 0 Å². The third kappa shape index (κ3) is 4.29. The van der Waals surface area contributed by atoms with Gasteiger partial charge in [0.05, 0.1) is 11.4 Å². The molecule has 5 heteroatoms. The van der Waals surface area contributed by atoms with Crippen LogP contribution in [0.2, 0.25) is 5.02 Å². The fraction of sp³-hybridized carbons (Fsp3) is 0.208. The number of nitrogens with two attached hydrogens (primary N) is 1. The molecule has 4 aromatic rings. The van der Waals surface area contributed by atoms with Crippen molar-refractivity contribution in [2.45, 2.75) is 33.0 Å². The zero-order valence-electron chi connectivity index (χ0n) is 16.7. The van der Waals surface area contributed by atoms with Crippen molar-refractivity contribution in [2.75, 3.05) is 5.73 Å². The van der Waals surface area contributed by atoms with Crippen molar-refractivity contribution < 1.29 is 0 Å². The fourth-order valence-corrected chi connectivity index (χ4v) is 3.66. The monoisotopic (exact) mass is 404 g/mol. The first-order valence-electron chi connectivity index (χ1n) is 9.81. The molecule has 0 aliphatic carbocycles. The Morgan fingerprint density at radius 3 is 2.38 bits per heavy atom. The Balaban J connectivity index is 1.78. The van der Waals surface area contributed by atoms with E-state index < -0.39 is 0 Å². The molecule has 2 N–H and O–H groups in total. The van der Waals surface area contributed by atoms with Crippen LogP contribution in [0.1, 0.15) is 25.1 Å². The first-order chi connectivity index (χ1) is 14.0. The van der Waals surface area contributed by atoms with Crippen LogP contribution in [0.3, 0.4) is 0 Å². The van der Waals surface area contributed by atoms with Gasteiger partial charge >= 0.3 is 0 Å². The summed E-state index contributed by atoms with van der Waals surface area (Å²) in [6.45, 7) is 6.08. The van der Waals surface area contributed by atoms with Crippen LogP contribution < -0.4 is 5.73 Å². The first kappa shape index (κ1) is 19.5. The Morgan fingerprint density at radius 1 is 0.966 bits per heavy atom. The number of nitrogens with zero attached hydrogens (tertiary/aromatic N) is 3. The summed E-state index contributed by atoms with van der Waals surface area (Å²) in [6.07, 6.45) is 1.96. The quantitative estimate of drug-likeness (QED) is 0.451. The lowest BCUT2D eigenvalue weighted by molar-refractivity contribution is 0.201. The fourth-order valence-electron chi connectivity index (χ4n) is 3.53. The molecule has 148 valence electrons. The summed E-state index contributed by atoms with van der Waals surface area (Å²) in [5.74, 6) is 0. The molecule has 0 saturated heterocycles. The molecule has 0 aliphatic rings. The van der Waals surface area contributed by atoms with Gasteiger partial charge in [0.2, 0.25) is 0 Å². The number of anilines is 1. The number of imidazole rings is 1. The summed E-state index contributed by atoms with van der Waals surface area (Å²) < 4.78 is 2.11. The van der Waals surface area contributed by atoms with Crippen molar-refractivity contribution in [3.8, 4) is 11.3 Å². The Bertz CT molecular complexity index is 1100. The number of hydrogen-bond donors (Lipinski definition) is 1. The Hall–Kier alpha value is -2.82. The highest BCUT2D eigenvalue weighted by molar-refractivity contribution is 6.30. The largest absolute Gasteiger partial charge is 0.398 e. The van der Waals surface area contributed by atoms with Crippen LogP contribution in [0.5, 0.6) is 0 Å². The molecule has 0 spiro atoms. The van der Waals surface area contributed by atoms with Gasteiger partial charge in [0.25, 0.3) is 0 Å². The summed E-state index contributed by atoms with van der Waals surface area (Å²) >= 11 is 6.10. The molecule has 0 aliphatic heterocycles. The highest BCUT2D eigenvalue weighted by atomic mass is 35.5. The van der Waals surface area contributed by atoms with Crippen LogP contribution in [-0.2, 0) is 13.1 Å². The maximum Gasteiger partial charge on any atom is 0.137 e. The average Bonchev–Trinajstić information content (AvgIpc) is 3.06. The molecule has 0 atom stereocenters. The van der Waals surface area contributed by atoms with Gasteiger partial charge < -0.3 is 10.1 Å². The van der Waals surface area contributed by atoms with Crippen molar-refractivity contribution in [2.24, 2.45) is 0 Å². The van der Waals surface area contributed by atoms with Crippen molar-refractivity contribution in [3.05, 3.63) is 89.2 Å². The zero-order valence-corrected chi connectivity index (χ0v) is 17.5. The second kappa shape index (κ2) is 8.27. The van der Waals surface area contributed by atoms with Crippen molar-refractivity contribution in [1.82, 2.24) is 14.3 Å². The van der Waals surface area contributed by atoms with Gasteiger partial charge in [-0.15, -0.1) is 0 Å². The Labute approximate surface area is 176 Å². The maximum atomic E-state index is 6.10. The number of rotatable bonds is 6. The molecule has 0 bridgehead atoms. The number of pyridine rings is 1. The second-order valence-corrected chi connectivity index (χ2v) is 8.03.